The fourth-order valence-electron chi connectivity index (χ4n) is 1.37. The van der Waals surface area contributed by atoms with Gasteiger partial charge < -0.3 is 4.74 Å². The summed E-state index contributed by atoms with van der Waals surface area (Å²) in [5.74, 6) is 0.326. The van der Waals surface area contributed by atoms with E-state index in [4.69, 9.17) is 0 Å². The Bertz CT molecular complexity index is 435. The zero-order chi connectivity index (χ0) is 11.5. The molecule has 0 atom stereocenters. The molecule has 88 valence electrons. The summed E-state index contributed by atoms with van der Waals surface area (Å²) in [4.78, 5) is 22.3. The highest BCUT2D eigenvalue weighted by atomic mass is 32.2. The molecule has 16 heavy (non-hydrogen) atoms. The van der Waals surface area contributed by atoms with Gasteiger partial charge in [0.25, 0.3) is 0 Å². The number of H-pyrrole nitrogens is 1. The van der Waals surface area contributed by atoms with Crippen molar-refractivity contribution in [3.05, 3.63) is 10.5 Å². The molecular formula is C9H13N3O3S. The molecule has 0 bridgehead atoms. The van der Waals surface area contributed by atoms with E-state index < -0.39 is 0 Å². The van der Waals surface area contributed by atoms with Crippen LogP contribution < -0.4 is 5.69 Å². The van der Waals surface area contributed by atoms with Crippen molar-refractivity contribution < 1.29 is 9.53 Å². The van der Waals surface area contributed by atoms with Crippen molar-refractivity contribution in [3.8, 4) is 0 Å². The number of esters is 1. The molecule has 7 heteroatoms. The first-order chi connectivity index (χ1) is 7.72. The van der Waals surface area contributed by atoms with Gasteiger partial charge in [0.15, 0.2) is 5.16 Å². The number of nitrogens with zero attached hydrogens (tertiary/aromatic N) is 2. The number of thioether (sulfide) groups is 1. The van der Waals surface area contributed by atoms with E-state index in [1.807, 2.05) is 0 Å². The van der Waals surface area contributed by atoms with Crippen LogP contribution >= 0.6 is 11.8 Å². The third-order valence-corrected chi connectivity index (χ3v) is 3.30. The van der Waals surface area contributed by atoms with Gasteiger partial charge in [-0.1, -0.05) is 11.8 Å². The average Bonchev–Trinajstić information content (AvgIpc) is 3.04. The number of hydrogen-bond donors (Lipinski definition) is 1. The lowest BCUT2D eigenvalue weighted by atomic mass is 10.5. The van der Waals surface area contributed by atoms with Gasteiger partial charge >= 0.3 is 11.7 Å². The first-order valence-electron chi connectivity index (χ1n) is 5.09. The summed E-state index contributed by atoms with van der Waals surface area (Å²) >= 11 is 1.40. The number of methoxy groups -OCH3 is 1. The molecule has 1 N–H and O–H groups in total. The number of aromatic nitrogens is 3. The SMILES string of the molecule is COC(=O)CCSc1n[nH]c(=O)n1C1CC1. The van der Waals surface area contributed by atoms with E-state index in [1.165, 1.54) is 18.9 Å². The molecule has 0 spiro atoms. The summed E-state index contributed by atoms with van der Waals surface area (Å²) in [5.41, 5.74) is -0.164. The third kappa shape index (κ3) is 2.46. The topological polar surface area (TPSA) is 77.0 Å². The number of nitrogens with one attached hydrogen (secondary N) is 1. The molecular weight excluding hydrogens is 230 g/mol. The molecule has 1 fully saturated rings. The van der Waals surface area contributed by atoms with Gasteiger partial charge in [0, 0.05) is 11.8 Å². The Labute approximate surface area is 96.4 Å². The van der Waals surface area contributed by atoms with E-state index >= 15 is 0 Å². The minimum atomic E-state index is -0.247. The van der Waals surface area contributed by atoms with Crippen LogP contribution in [0.15, 0.2) is 9.95 Å². The Kier molecular flexibility index (Phi) is 3.33. The van der Waals surface area contributed by atoms with Crippen LogP contribution in [-0.4, -0.2) is 33.6 Å². The molecule has 0 radical (unpaired) electrons. The Morgan fingerprint density at radius 2 is 2.44 bits per heavy atom. The normalized spacial score (nSPS) is 15.1. The number of ether oxygens (including phenoxy) is 1. The first kappa shape index (κ1) is 11.3. The van der Waals surface area contributed by atoms with Gasteiger partial charge in [-0.05, 0) is 12.8 Å². The minimum Gasteiger partial charge on any atom is -0.469 e. The minimum absolute atomic E-state index is 0.164. The zero-order valence-electron chi connectivity index (χ0n) is 8.93. The van der Waals surface area contributed by atoms with Crippen LogP contribution in [0.5, 0.6) is 0 Å². The number of aromatic amines is 1. The summed E-state index contributed by atoms with van der Waals surface area (Å²) in [6, 6.07) is 0.298. The predicted octanol–water partition coefficient (Wildman–Crippen LogP) is 0.561. The number of rotatable bonds is 5. The predicted molar refractivity (Wildman–Crippen MR) is 58.5 cm³/mol. The van der Waals surface area contributed by atoms with Gasteiger partial charge in [-0.2, -0.15) is 0 Å². The lowest BCUT2D eigenvalue weighted by Gasteiger charge is -2.02. The molecule has 6 nitrogen and oxygen atoms in total. The molecule has 0 unspecified atom stereocenters. The fourth-order valence-corrected chi connectivity index (χ4v) is 2.31. The van der Waals surface area contributed by atoms with Crippen molar-refractivity contribution >= 4 is 17.7 Å². The van der Waals surface area contributed by atoms with E-state index in [-0.39, 0.29) is 11.7 Å². The summed E-state index contributed by atoms with van der Waals surface area (Å²) < 4.78 is 6.20. The van der Waals surface area contributed by atoms with Crippen molar-refractivity contribution in [2.75, 3.05) is 12.9 Å². The molecule has 0 amide bonds. The van der Waals surface area contributed by atoms with Crippen LogP contribution in [0.1, 0.15) is 25.3 Å². The van der Waals surface area contributed by atoms with E-state index in [0.717, 1.165) is 12.8 Å². The molecule has 1 aromatic heterocycles. The molecule has 1 aliphatic rings. The van der Waals surface area contributed by atoms with E-state index in [9.17, 15) is 9.59 Å². The molecule has 1 saturated carbocycles. The van der Waals surface area contributed by atoms with Gasteiger partial charge in [0.2, 0.25) is 0 Å². The van der Waals surface area contributed by atoms with E-state index in [1.54, 1.807) is 4.57 Å². The maximum absolute atomic E-state index is 11.4. The van der Waals surface area contributed by atoms with Crippen LogP contribution in [0.4, 0.5) is 0 Å². The second-order valence-electron chi connectivity index (χ2n) is 3.59. The number of carbonyl (C=O) groups excluding carboxylic acids is 1. The van der Waals surface area contributed by atoms with Gasteiger partial charge in [0.05, 0.1) is 13.5 Å². The van der Waals surface area contributed by atoms with Gasteiger partial charge in [-0.15, -0.1) is 5.10 Å². The summed E-state index contributed by atoms with van der Waals surface area (Å²) in [6.45, 7) is 0. The lowest BCUT2D eigenvalue weighted by Crippen LogP contribution is -2.16. The second kappa shape index (κ2) is 4.73. The Morgan fingerprint density at radius 3 is 3.06 bits per heavy atom. The molecule has 2 rings (SSSR count). The molecule has 0 saturated heterocycles. The highest BCUT2D eigenvalue weighted by Crippen LogP contribution is 2.36. The Balaban J connectivity index is 1.94. The van der Waals surface area contributed by atoms with Crippen molar-refractivity contribution in [1.29, 1.82) is 0 Å². The first-order valence-corrected chi connectivity index (χ1v) is 6.07. The van der Waals surface area contributed by atoms with Crippen LogP contribution in [0.2, 0.25) is 0 Å². The van der Waals surface area contributed by atoms with Crippen LogP contribution in [0.3, 0.4) is 0 Å². The fraction of sp³-hybridized carbons (Fsp3) is 0.667. The molecule has 1 aliphatic carbocycles. The summed E-state index contributed by atoms with van der Waals surface area (Å²) in [5, 5.41) is 7.03. The van der Waals surface area contributed by atoms with E-state index in [0.29, 0.717) is 23.4 Å². The number of carbonyl (C=O) groups is 1. The van der Waals surface area contributed by atoms with Crippen molar-refractivity contribution in [1.82, 2.24) is 14.8 Å². The van der Waals surface area contributed by atoms with Gasteiger partial charge in [-0.3, -0.25) is 9.36 Å². The maximum atomic E-state index is 11.4. The Morgan fingerprint density at radius 1 is 1.69 bits per heavy atom. The quantitative estimate of drug-likeness (QED) is 0.604. The molecule has 1 aromatic rings. The number of hydrogen-bond acceptors (Lipinski definition) is 5. The lowest BCUT2D eigenvalue weighted by molar-refractivity contribution is -0.140. The van der Waals surface area contributed by atoms with Crippen molar-refractivity contribution in [2.24, 2.45) is 0 Å². The van der Waals surface area contributed by atoms with E-state index in [2.05, 4.69) is 14.9 Å². The third-order valence-electron chi connectivity index (χ3n) is 2.35. The highest BCUT2D eigenvalue weighted by Gasteiger charge is 2.28. The maximum Gasteiger partial charge on any atom is 0.344 e. The zero-order valence-corrected chi connectivity index (χ0v) is 9.75. The smallest absolute Gasteiger partial charge is 0.344 e. The highest BCUT2D eigenvalue weighted by molar-refractivity contribution is 7.99. The largest absolute Gasteiger partial charge is 0.469 e. The summed E-state index contributed by atoms with van der Waals surface area (Å²) in [7, 11) is 1.36. The van der Waals surface area contributed by atoms with Gasteiger partial charge in [-0.25, -0.2) is 9.89 Å². The Hall–Kier alpha value is -1.24. The van der Waals surface area contributed by atoms with Gasteiger partial charge in [0.1, 0.15) is 0 Å². The van der Waals surface area contributed by atoms with Crippen molar-refractivity contribution in [2.45, 2.75) is 30.5 Å². The average molecular weight is 243 g/mol. The van der Waals surface area contributed by atoms with Crippen LogP contribution in [0, 0.1) is 0 Å². The summed E-state index contributed by atoms with van der Waals surface area (Å²) in [6.07, 6.45) is 2.39. The second-order valence-corrected chi connectivity index (χ2v) is 4.65. The van der Waals surface area contributed by atoms with Crippen LogP contribution in [0.25, 0.3) is 0 Å². The standard InChI is InChI=1S/C9H13N3O3S/c1-15-7(13)4-5-16-9-11-10-8(14)12(9)6-2-3-6/h6H,2-5H2,1H3,(H,10,14). The van der Waals surface area contributed by atoms with Crippen molar-refractivity contribution in [3.63, 3.8) is 0 Å². The van der Waals surface area contributed by atoms with Crippen LogP contribution in [-0.2, 0) is 9.53 Å². The monoisotopic (exact) mass is 243 g/mol. The molecule has 1 heterocycles. The molecule has 0 aromatic carbocycles. The molecule has 0 aliphatic heterocycles.